The number of unbranched alkanes of at least 4 members (excludes halogenated alkanes) is 1. The van der Waals surface area contributed by atoms with E-state index in [9.17, 15) is 27.6 Å². The van der Waals surface area contributed by atoms with E-state index >= 15 is 0 Å². The molecule has 0 aliphatic carbocycles. The SMILES string of the molecule is CCCCOc1ccc(NC(=O)C(=O)N/N=C\c2ccc(OCC(=O)Nc3cccc(C(F)(F)F)c3)c(Cl)c2)cc1. The summed E-state index contributed by atoms with van der Waals surface area (Å²) in [6.45, 7) is 2.14. The number of hydrazone groups is 1. The van der Waals surface area contributed by atoms with Crippen LogP contribution in [0.1, 0.15) is 30.9 Å². The van der Waals surface area contributed by atoms with Crippen molar-refractivity contribution in [2.24, 2.45) is 5.10 Å². The zero-order valence-electron chi connectivity index (χ0n) is 21.8. The minimum atomic E-state index is -4.54. The number of hydrogen-bond acceptors (Lipinski definition) is 6. The third-order valence-corrected chi connectivity index (χ3v) is 5.55. The molecule has 0 fully saturated rings. The summed E-state index contributed by atoms with van der Waals surface area (Å²) in [6, 6.07) is 15.2. The maximum absolute atomic E-state index is 12.8. The molecule has 3 rings (SSSR count). The molecule has 3 aromatic carbocycles. The van der Waals surface area contributed by atoms with Crippen LogP contribution in [0.5, 0.6) is 11.5 Å². The number of nitrogens with one attached hydrogen (secondary N) is 3. The van der Waals surface area contributed by atoms with Gasteiger partial charge in [-0.05, 0) is 72.6 Å². The number of hydrogen-bond donors (Lipinski definition) is 3. The maximum atomic E-state index is 12.8. The Morgan fingerprint density at radius 3 is 2.37 bits per heavy atom. The van der Waals surface area contributed by atoms with Gasteiger partial charge in [-0.1, -0.05) is 31.0 Å². The first kappa shape index (κ1) is 31.0. The Balaban J connectivity index is 1.45. The molecule has 0 radical (unpaired) electrons. The highest BCUT2D eigenvalue weighted by atomic mass is 35.5. The van der Waals surface area contributed by atoms with Crippen LogP contribution in [0, 0.1) is 0 Å². The molecule has 0 bridgehead atoms. The van der Waals surface area contributed by atoms with Gasteiger partial charge in [-0.3, -0.25) is 14.4 Å². The Hall–Kier alpha value is -4.58. The molecule has 0 unspecified atom stereocenters. The van der Waals surface area contributed by atoms with Crippen LogP contribution >= 0.6 is 11.6 Å². The molecule has 9 nitrogen and oxygen atoms in total. The van der Waals surface area contributed by atoms with Crippen LogP contribution in [0.4, 0.5) is 24.5 Å². The van der Waals surface area contributed by atoms with Gasteiger partial charge in [0.25, 0.3) is 5.91 Å². The van der Waals surface area contributed by atoms with E-state index < -0.39 is 36.1 Å². The number of alkyl halides is 3. The molecule has 3 aromatic rings. The topological polar surface area (TPSA) is 118 Å². The zero-order valence-corrected chi connectivity index (χ0v) is 22.5. The summed E-state index contributed by atoms with van der Waals surface area (Å²) in [5, 5.41) is 8.60. The van der Waals surface area contributed by atoms with E-state index in [4.69, 9.17) is 21.1 Å². The van der Waals surface area contributed by atoms with Gasteiger partial charge < -0.3 is 20.1 Å². The molecule has 0 aliphatic rings. The number of carbonyl (C=O) groups excluding carboxylic acids is 3. The average Bonchev–Trinajstić information content (AvgIpc) is 2.93. The van der Waals surface area contributed by atoms with E-state index in [0.29, 0.717) is 23.6 Å². The molecule has 216 valence electrons. The number of halogens is 4. The molecule has 0 atom stereocenters. The van der Waals surface area contributed by atoms with Gasteiger partial charge in [-0.15, -0.1) is 0 Å². The van der Waals surface area contributed by atoms with Gasteiger partial charge in [0.05, 0.1) is 23.4 Å². The van der Waals surface area contributed by atoms with Crippen LogP contribution in [0.2, 0.25) is 5.02 Å². The van der Waals surface area contributed by atoms with Crippen LogP contribution in [0.15, 0.2) is 71.8 Å². The highest BCUT2D eigenvalue weighted by Gasteiger charge is 2.30. The molecule has 13 heteroatoms. The van der Waals surface area contributed by atoms with Gasteiger partial charge in [0.2, 0.25) is 0 Å². The summed E-state index contributed by atoms with van der Waals surface area (Å²) < 4.78 is 49.4. The molecule has 0 spiro atoms. The molecular formula is C28H26ClF3N4O5. The molecule has 41 heavy (non-hydrogen) atoms. The van der Waals surface area contributed by atoms with Crippen molar-refractivity contribution in [3.05, 3.63) is 82.9 Å². The fourth-order valence-electron chi connectivity index (χ4n) is 3.20. The second kappa shape index (κ2) is 14.7. The largest absolute Gasteiger partial charge is 0.494 e. The van der Waals surface area contributed by atoms with Gasteiger partial charge in [0.1, 0.15) is 11.5 Å². The molecule has 0 aliphatic heterocycles. The lowest BCUT2D eigenvalue weighted by Crippen LogP contribution is -2.32. The first-order valence-corrected chi connectivity index (χ1v) is 12.7. The molecule has 0 saturated carbocycles. The minimum absolute atomic E-state index is 0.0351. The van der Waals surface area contributed by atoms with Gasteiger partial charge in [0.15, 0.2) is 6.61 Å². The standard InChI is InChI=1S/C28H26ClF3N4O5/c1-2-3-13-40-22-10-8-20(9-11-22)35-26(38)27(39)36-33-16-18-7-12-24(23(29)14-18)41-17-25(37)34-21-6-4-5-19(15-21)28(30,31)32/h4-12,14-16H,2-3,13,17H2,1H3,(H,34,37)(H,35,38)(H,36,39)/b33-16-. The van der Waals surface area contributed by atoms with Gasteiger partial charge in [-0.2, -0.15) is 18.3 Å². The molecule has 3 amide bonds. The van der Waals surface area contributed by atoms with Crippen LogP contribution in [0.25, 0.3) is 0 Å². The lowest BCUT2D eigenvalue weighted by molar-refractivity contribution is -0.137. The van der Waals surface area contributed by atoms with E-state index in [2.05, 4.69) is 28.1 Å². The maximum Gasteiger partial charge on any atom is 0.416 e. The average molecular weight is 591 g/mol. The normalized spacial score (nSPS) is 11.1. The summed E-state index contributed by atoms with van der Waals surface area (Å²) >= 11 is 6.17. The van der Waals surface area contributed by atoms with Crippen molar-refractivity contribution < 1.29 is 37.0 Å². The predicted octanol–water partition coefficient (Wildman–Crippen LogP) is 5.64. The second-order valence-electron chi connectivity index (χ2n) is 8.48. The van der Waals surface area contributed by atoms with E-state index in [1.165, 1.54) is 36.5 Å². The van der Waals surface area contributed by atoms with Crippen LogP contribution < -0.4 is 25.5 Å². The Morgan fingerprint density at radius 1 is 0.927 bits per heavy atom. The number of amides is 3. The quantitative estimate of drug-likeness (QED) is 0.116. The van der Waals surface area contributed by atoms with E-state index in [0.717, 1.165) is 25.0 Å². The van der Waals surface area contributed by atoms with Crippen LogP contribution in [-0.2, 0) is 20.6 Å². The van der Waals surface area contributed by atoms with Crippen molar-refractivity contribution in [3.8, 4) is 11.5 Å². The number of carbonyl (C=O) groups is 3. The highest BCUT2D eigenvalue weighted by Crippen LogP contribution is 2.30. The third kappa shape index (κ3) is 10.2. The van der Waals surface area contributed by atoms with E-state index in [1.54, 1.807) is 24.3 Å². The first-order chi connectivity index (χ1) is 19.5. The molecular weight excluding hydrogens is 565 g/mol. The summed E-state index contributed by atoms with van der Waals surface area (Å²) in [5.74, 6) is -1.83. The number of nitrogens with zero attached hydrogens (tertiary/aromatic N) is 1. The van der Waals surface area contributed by atoms with Crippen molar-refractivity contribution in [1.29, 1.82) is 0 Å². The Morgan fingerprint density at radius 2 is 1.68 bits per heavy atom. The van der Waals surface area contributed by atoms with Gasteiger partial charge in [-0.25, -0.2) is 5.43 Å². The van der Waals surface area contributed by atoms with Gasteiger partial charge in [0, 0.05) is 11.4 Å². The van der Waals surface area contributed by atoms with Crippen molar-refractivity contribution in [1.82, 2.24) is 5.43 Å². The van der Waals surface area contributed by atoms with Crippen LogP contribution in [0.3, 0.4) is 0 Å². The zero-order chi connectivity index (χ0) is 29.8. The van der Waals surface area contributed by atoms with Gasteiger partial charge >= 0.3 is 18.0 Å². The Kier molecular flexibility index (Phi) is 11.1. The number of rotatable bonds is 11. The summed E-state index contributed by atoms with van der Waals surface area (Å²) in [6.07, 6.45) is -1.36. The van der Waals surface area contributed by atoms with Crippen molar-refractivity contribution in [2.75, 3.05) is 23.8 Å². The number of anilines is 2. The minimum Gasteiger partial charge on any atom is -0.494 e. The first-order valence-electron chi connectivity index (χ1n) is 12.3. The Bertz CT molecular complexity index is 1400. The summed E-state index contributed by atoms with van der Waals surface area (Å²) in [4.78, 5) is 36.3. The Labute approximate surface area is 238 Å². The summed E-state index contributed by atoms with van der Waals surface area (Å²) in [7, 11) is 0. The fourth-order valence-corrected chi connectivity index (χ4v) is 3.44. The van der Waals surface area contributed by atoms with Crippen molar-refractivity contribution in [2.45, 2.75) is 25.9 Å². The fraction of sp³-hybridized carbons (Fsp3) is 0.214. The third-order valence-electron chi connectivity index (χ3n) is 5.25. The highest BCUT2D eigenvalue weighted by molar-refractivity contribution is 6.39. The molecule has 0 aromatic heterocycles. The van der Waals surface area contributed by atoms with Crippen molar-refractivity contribution >= 4 is 46.9 Å². The smallest absolute Gasteiger partial charge is 0.416 e. The number of ether oxygens (including phenoxy) is 2. The lowest BCUT2D eigenvalue weighted by Gasteiger charge is -2.11. The van der Waals surface area contributed by atoms with Crippen molar-refractivity contribution in [3.63, 3.8) is 0 Å². The van der Waals surface area contributed by atoms with E-state index in [-0.39, 0.29) is 16.5 Å². The number of benzene rings is 3. The van der Waals surface area contributed by atoms with Crippen LogP contribution in [-0.4, -0.2) is 37.1 Å². The molecule has 0 saturated heterocycles. The monoisotopic (exact) mass is 590 g/mol. The second-order valence-corrected chi connectivity index (χ2v) is 8.89. The summed E-state index contributed by atoms with van der Waals surface area (Å²) in [5.41, 5.74) is 2.02. The molecule has 0 heterocycles. The predicted molar refractivity (Wildman–Crippen MR) is 148 cm³/mol. The lowest BCUT2D eigenvalue weighted by atomic mass is 10.2. The molecule has 3 N–H and O–H groups in total. The van der Waals surface area contributed by atoms with E-state index in [1.807, 2.05) is 0 Å².